The van der Waals surface area contributed by atoms with Crippen LogP contribution in [0.3, 0.4) is 0 Å². The zero-order chi connectivity index (χ0) is 17.4. The van der Waals surface area contributed by atoms with Crippen molar-refractivity contribution in [3.63, 3.8) is 0 Å². The summed E-state index contributed by atoms with van der Waals surface area (Å²) in [6, 6.07) is 13.3. The number of rotatable bonds is 3. The van der Waals surface area contributed by atoms with E-state index < -0.39 is 0 Å². The highest BCUT2D eigenvalue weighted by molar-refractivity contribution is 5.96. The number of carbonyl (C=O) groups is 1. The van der Waals surface area contributed by atoms with Crippen molar-refractivity contribution in [2.45, 2.75) is 51.7 Å². The molecule has 0 saturated carbocycles. The Labute approximate surface area is 149 Å². The van der Waals surface area contributed by atoms with Crippen molar-refractivity contribution in [2.75, 3.05) is 13.1 Å². The summed E-state index contributed by atoms with van der Waals surface area (Å²) in [5, 5.41) is 3.48. The first kappa shape index (κ1) is 16.4. The predicted octanol–water partition coefficient (Wildman–Crippen LogP) is 3.12. The van der Waals surface area contributed by atoms with Crippen molar-refractivity contribution in [3.8, 4) is 0 Å². The number of amides is 1. The molecule has 2 aliphatic rings. The summed E-state index contributed by atoms with van der Waals surface area (Å²) >= 11 is 0. The number of nitrogens with zero attached hydrogens (tertiary/aromatic N) is 2. The highest BCUT2D eigenvalue weighted by Gasteiger charge is 2.39. The summed E-state index contributed by atoms with van der Waals surface area (Å²) in [5.41, 5.74) is 4.39. The van der Waals surface area contributed by atoms with E-state index in [0.29, 0.717) is 12.1 Å². The Morgan fingerprint density at radius 3 is 2.68 bits per heavy atom. The SMILES string of the molecule is Cc1cc(C(=O)N2C3CCNCC2CC3)c(C)n1Cc1ccccc1. The van der Waals surface area contributed by atoms with Crippen molar-refractivity contribution in [3.05, 3.63) is 58.9 Å². The number of carbonyl (C=O) groups excluding carboxylic acids is 1. The van der Waals surface area contributed by atoms with E-state index in [4.69, 9.17) is 0 Å². The molecule has 1 aromatic heterocycles. The number of aromatic nitrogens is 1. The van der Waals surface area contributed by atoms with E-state index >= 15 is 0 Å². The van der Waals surface area contributed by atoms with Crippen LogP contribution in [0.5, 0.6) is 0 Å². The molecule has 2 aromatic rings. The molecule has 2 atom stereocenters. The Kier molecular flexibility index (Phi) is 4.38. The topological polar surface area (TPSA) is 37.3 Å². The first-order chi connectivity index (χ1) is 12.1. The molecule has 2 fully saturated rings. The third-order valence-corrected chi connectivity index (χ3v) is 5.88. The molecule has 4 rings (SSSR count). The number of hydrogen-bond acceptors (Lipinski definition) is 2. The molecule has 2 unspecified atom stereocenters. The van der Waals surface area contributed by atoms with Crippen LogP contribution in [0.1, 0.15) is 46.6 Å². The zero-order valence-corrected chi connectivity index (χ0v) is 15.2. The Bertz CT molecular complexity index is 751. The molecule has 1 N–H and O–H groups in total. The van der Waals surface area contributed by atoms with Crippen LogP contribution in [-0.4, -0.2) is 40.5 Å². The average Bonchev–Trinajstić information content (AvgIpc) is 3.04. The number of hydrogen-bond donors (Lipinski definition) is 1. The molecule has 4 nitrogen and oxygen atoms in total. The predicted molar refractivity (Wildman–Crippen MR) is 99.9 cm³/mol. The van der Waals surface area contributed by atoms with Crippen LogP contribution < -0.4 is 5.32 Å². The number of nitrogens with one attached hydrogen (secondary N) is 1. The quantitative estimate of drug-likeness (QED) is 0.934. The first-order valence-electron chi connectivity index (χ1n) is 9.39. The minimum atomic E-state index is 0.226. The fourth-order valence-electron chi connectivity index (χ4n) is 4.48. The molecule has 25 heavy (non-hydrogen) atoms. The maximum Gasteiger partial charge on any atom is 0.256 e. The molecule has 2 aliphatic heterocycles. The van der Waals surface area contributed by atoms with Gasteiger partial charge in [-0.15, -0.1) is 0 Å². The second kappa shape index (κ2) is 6.68. The average molecular weight is 337 g/mol. The third kappa shape index (κ3) is 2.99. The van der Waals surface area contributed by atoms with Gasteiger partial charge in [0, 0.05) is 36.6 Å². The highest BCUT2D eigenvalue weighted by atomic mass is 16.2. The lowest BCUT2D eigenvalue weighted by Crippen LogP contribution is -2.42. The highest BCUT2D eigenvalue weighted by Crippen LogP contribution is 2.31. The van der Waals surface area contributed by atoms with E-state index in [9.17, 15) is 4.79 Å². The van der Waals surface area contributed by atoms with Gasteiger partial charge in [0.15, 0.2) is 0 Å². The van der Waals surface area contributed by atoms with Crippen LogP contribution in [0, 0.1) is 13.8 Å². The van der Waals surface area contributed by atoms with Crippen LogP contribution in [-0.2, 0) is 6.54 Å². The lowest BCUT2D eigenvalue weighted by molar-refractivity contribution is 0.0679. The molecular weight excluding hydrogens is 310 g/mol. The van der Waals surface area contributed by atoms with Gasteiger partial charge in [0.2, 0.25) is 0 Å². The molecule has 4 heteroatoms. The smallest absolute Gasteiger partial charge is 0.256 e. The molecule has 0 radical (unpaired) electrons. The molecule has 2 bridgehead atoms. The summed E-state index contributed by atoms with van der Waals surface area (Å²) in [7, 11) is 0. The van der Waals surface area contributed by atoms with Gasteiger partial charge < -0.3 is 14.8 Å². The number of benzene rings is 1. The molecule has 3 heterocycles. The monoisotopic (exact) mass is 337 g/mol. The zero-order valence-electron chi connectivity index (χ0n) is 15.2. The molecule has 0 spiro atoms. The molecule has 0 aliphatic carbocycles. The van der Waals surface area contributed by atoms with Crippen molar-refractivity contribution >= 4 is 5.91 Å². The minimum absolute atomic E-state index is 0.226. The summed E-state index contributed by atoms with van der Waals surface area (Å²) in [6.07, 6.45) is 3.36. The fourth-order valence-corrected chi connectivity index (χ4v) is 4.48. The van der Waals surface area contributed by atoms with Crippen LogP contribution >= 0.6 is 0 Å². The summed E-state index contributed by atoms with van der Waals surface area (Å²) in [4.78, 5) is 15.5. The van der Waals surface area contributed by atoms with E-state index in [1.165, 1.54) is 5.56 Å². The van der Waals surface area contributed by atoms with Gasteiger partial charge in [-0.1, -0.05) is 30.3 Å². The van der Waals surface area contributed by atoms with E-state index in [2.05, 4.69) is 59.0 Å². The maximum atomic E-state index is 13.3. The summed E-state index contributed by atoms with van der Waals surface area (Å²) < 4.78 is 2.26. The van der Waals surface area contributed by atoms with Gasteiger partial charge in [0.05, 0.1) is 5.56 Å². The van der Waals surface area contributed by atoms with Gasteiger partial charge in [-0.25, -0.2) is 0 Å². The van der Waals surface area contributed by atoms with E-state index in [-0.39, 0.29) is 5.91 Å². The fraction of sp³-hybridized carbons (Fsp3) is 0.476. The van der Waals surface area contributed by atoms with E-state index in [1.807, 2.05) is 6.07 Å². The van der Waals surface area contributed by atoms with Crippen molar-refractivity contribution < 1.29 is 4.79 Å². The number of fused-ring (bicyclic) bond motifs is 2. The van der Waals surface area contributed by atoms with Gasteiger partial charge in [-0.3, -0.25) is 4.79 Å². The maximum absolute atomic E-state index is 13.3. The van der Waals surface area contributed by atoms with Gasteiger partial charge in [0.1, 0.15) is 0 Å². The Balaban J connectivity index is 1.62. The van der Waals surface area contributed by atoms with Crippen molar-refractivity contribution in [1.82, 2.24) is 14.8 Å². The first-order valence-corrected chi connectivity index (χ1v) is 9.39. The molecule has 2 saturated heterocycles. The molecule has 1 amide bonds. The van der Waals surface area contributed by atoms with E-state index in [1.54, 1.807) is 0 Å². The van der Waals surface area contributed by atoms with Gasteiger partial charge in [-0.2, -0.15) is 0 Å². The van der Waals surface area contributed by atoms with Crippen LogP contribution in [0.2, 0.25) is 0 Å². The van der Waals surface area contributed by atoms with Gasteiger partial charge >= 0.3 is 0 Å². The van der Waals surface area contributed by atoms with Crippen molar-refractivity contribution in [1.29, 1.82) is 0 Å². The normalized spacial score (nSPS) is 22.9. The number of aryl methyl sites for hydroxylation is 1. The molecular formula is C21H27N3O. The minimum Gasteiger partial charge on any atom is -0.344 e. The molecule has 132 valence electrons. The second-order valence-electron chi connectivity index (χ2n) is 7.45. The molecule has 1 aromatic carbocycles. The Morgan fingerprint density at radius 2 is 1.88 bits per heavy atom. The summed E-state index contributed by atoms with van der Waals surface area (Å²) in [5.74, 6) is 0.226. The van der Waals surface area contributed by atoms with Gasteiger partial charge in [0.25, 0.3) is 5.91 Å². The van der Waals surface area contributed by atoms with Gasteiger partial charge in [-0.05, 0) is 51.3 Å². The Morgan fingerprint density at radius 1 is 1.12 bits per heavy atom. The lowest BCUT2D eigenvalue weighted by atomic mass is 10.1. The third-order valence-electron chi connectivity index (χ3n) is 5.88. The standard InChI is InChI=1S/C21H27N3O/c1-15-12-20(16(2)23(15)14-17-6-4-3-5-7-17)21(25)24-18-8-9-19(24)13-22-11-10-18/h3-7,12,18-19,22H,8-11,13-14H2,1-2H3. The van der Waals surface area contributed by atoms with Crippen LogP contribution in [0.15, 0.2) is 36.4 Å². The summed E-state index contributed by atoms with van der Waals surface area (Å²) in [6.45, 7) is 6.97. The van der Waals surface area contributed by atoms with Crippen molar-refractivity contribution in [2.24, 2.45) is 0 Å². The lowest BCUT2D eigenvalue weighted by Gasteiger charge is -2.28. The second-order valence-corrected chi connectivity index (χ2v) is 7.45. The van der Waals surface area contributed by atoms with E-state index in [0.717, 1.165) is 55.8 Å². The van der Waals surface area contributed by atoms with Crippen LogP contribution in [0.25, 0.3) is 0 Å². The van der Waals surface area contributed by atoms with Crippen LogP contribution in [0.4, 0.5) is 0 Å². The largest absolute Gasteiger partial charge is 0.344 e. The Hall–Kier alpha value is -2.07.